The minimum Gasteiger partial charge on any atom is -0.382 e. The van der Waals surface area contributed by atoms with E-state index in [2.05, 4.69) is 20.7 Å². The maximum atomic E-state index is 11.8. The van der Waals surface area contributed by atoms with Crippen molar-refractivity contribution in [3.8, 4) is 0 Å². The van der Waals surface area contributed by atoms with Crippen LogP contribution in [0.5, 0.6) is 0 Å². The van der Waals surface area contributed by atoms with E-state index in [1.54, 1.807) is 19.0 Å². The van der Waals surface area contributed by atoms with E-state index in [1.807, 2.05) is 32.5 Å². The third-order valence-corrected chi connectivity index (χ3v) is 3.92. The molecule has 0 aliphatic carbocycles. The normalized spacial score (nSPS) is 11.5. The number of hydrogen-bond donors (Lipinski definition) is 2. The molecule has 1 heterocycles. The lowest BCUT2D eigenvalue weighted by molar-refractivity contribution is -0.127. The van der Waals surface area contributed by atoms with Crippen LogP contribution in [0.25, 0.3) is 0 Å². The van der Waals surface area contributed by atoms with Crippen LogP contribution in [0.3, 0.4) is 0 Å². The number of likely N-dealkylation sites (N-methyl/N-ethyl adjacent to an activating group) is 1. The van der Waals surface area contributed by atoms with Gasteiger partial charge in [-0.25, -0.2) is 4.99 Å². The lowest BCUT2D eigenvalue weighted by atomic mass is 10.2. The van der Waals surface area contributed by atoms with E-state index in [1.165, 1.54) is 0 Å². The Kier molecular flexibility index (Phi) is 8.98. The predicted octanol–water partition coefficient (Wildman–Crippen LogP) is 0.587. The summed E-state index contributed by atoms with van der Waals surface area (Å²) >= 11 is 0. The highest BCUT2D eigenvalue weighted by Gasteiger charge is 2.10. The molecular formula is C17H32N6O2. The molecule has 0 radical (unpaired) electrons. The fraction of sp³-hybridized carbons (Fsp3) is 0.706. The topological polar surface area (TPSA) is 83.8 Å². The fourth-order valence-corrected chi connectivity index (χ4v) is 2.22. The van der Waals surface area contributed by atoms with Gasteiger partial charge in [-0.3, -0.25) is 9.48 Å². The molecule has 0 bridgehead atoms. The predicted molar refractivity (Wildman–Crippen MR) is 99.6 cm³/mol. The quantitative estimate of drug-likeness (QED) is 0.386. The average Bonchev–Trinajstić information content (AvgIpc) is 2.81. The zero-order valence-electron chi connectivity index (χ0n) is 16.3. The van der Waals surface area contributed by atoms with Gasteiger partial charge in [-0.15, -0.1) is 0 Å². The largest absolute Gasteiger partial charge is 0.382 e. The van der Waals surface area contributed by atoms with E-state index < -0.39 is 0 Å². The van der Waals surface area contributed by atoms with Crippen molar-refractivity contribution in [2.45, 2.75) is 33.7 Å². The van der Waals surface area contributed by atoms with Crippen molar-refractivity contribution < 1.29 is 9.53 Å². The number of amides is 1. The summed E-state index contributed by atoms with van der Waals surface area (Å²) in [4.78, 5) is 18.0. The molecule has 0 saturated carbocycles. The van der Waals surface area contributed by atoms with E-state index in [0.717, 1.165) is 36.5 Å². The summed E-state index contributed by atoms with van der Waals surface area (Å²) in [5.74, 6) is 0.618. The zero-order valence-corrected chi connectivity index (χ0v) is 16.3. The minimum absolute atomic E-state index is 0.00226. The van der Waals surface area contributed by atoms with Crippen molar-refractivity contribution >= 4 is 11.9 Å². The number of carbonyl (C=O) groups excluding carboxylic acids is 1. The van der Waals surface area contributed by atoms with Crippen molar-refractivity contribution in [1.29, 1.82) is 0 Å². The molecule has 0 aromatic carbocycles. The van der Waals surface area contributed by atoms with Crippen molar-refractivity contribution in [3.63, 3.8) is 0 Å². The van der Waals surface area contributed by atoms with Crippen molar-refractivity contribution in [1.82, 2.24) is 25.3 Å². The molecule has 0 saturated heterocycles. The number of rotatable bonds is 9. The van der Waals surface area contributed by atoms with Gasteiger partial charge < -0.3 is 20.3 Å². The van der Waals surface area contributed by atoms with Gasteiger partial charge in [0.15, 0.2) is 5.96 Å². The molecule has 1 aromatic rings. The first-order valence-corrected chi connectivity index (χ1v) is 8.66. The second-order valence-corrected chi connectivity index (χ2v) is 6.06. The van der Waals surface area contributed by atoms with Gasteiger partial charge in [0.2, 0.25) is 5.91 Å². The van der Waals surface area contributed by atoms with Crippen molar-refractivity contribution in [2.24, 2.45) is 12.0 Å². The van der Waals surface area contributed by atoms with Crippen molar-refractivity contribution in [2.75, 3.05) is 40.4 Å². The fourth-order valence-electron chi connectivity index (χ4n) is 2.22. The van der Waals surface area contributed by atoms with Crippen LogP contribution >= 0.6 is 0 Å². The Bertz CT molecular complexity index is 580. The number of nitrogens with zero attached hydrogens (tertiary/aromatic N) is 4. The minimum atomic E-state index is -0.00226. The Morgan fingerprint density at radius 3 is 2.60 bits per heavy atom. The highest BCUT2D eigenvalue weighted by Crippen LogP contribution is 2.12. The van der Waals surface area contributed by atoms with E-state index >= 15 is 0 Å². The summed E-state index contributed by atoms with van der Waals surface area (Å²) in [7, 11) is 5.40. The monoisotopic (exact) mass is 352 g/mol. The summed E-state index contributed by atoms with van der Waals surface area (Å²) in [5, 5.41) is 10.7. The lowest BCUT2D eigenvalue weighted by Crippen LogP contribution is -2.43. The number of aryl methyl sites for hydroxylation is 2. The standard InChI is InChI=1S/C17H32N6O2/c1-7-25-10-8-9-18-17(20-12-16(24)22(4)5)19-11-15-13(2)21-23(6)14(15)3/h7-12H2,1-6H3,(H2,18,19,20). The Morgan fingerprint density at radius 1 is 1.32 bits per heavy atom. The molecule has 0 aliphatic rings. The van der Waals surface area contributed by atoms with Gasteiger partial charge in [-0.1, -0.05) is 0 Å². The number of nitrogens with one attached hydrogen (secondary N) is 2. The van der Waals surface area contributed by atoms with Crippen LogP contribution in [0.2, 0.25) is 0 Å². The van der Waals surface area contributed by atoms with E-state index in [9.17, 15) is 4.79 Å². The third kappa shape index (κ3) is 7.13. The molecule has 1 aromatic heterocycles. The molecule has 0 fully saturated rings. The van der Waals surface area contributed by atoms with Gasteiger partial charge in [0.05, 0.1) is 18.8 Å². The van der Waals surface area contributed by atoms with Gasteiger partial charge in [-0.2, -0.15) is 5.10 Å². The molecule has 0 spiro atoms. The second kappa shape index (κ2) is 10.7. The number of ether oxygens (including phenoxy) is 1. The van der Waals surface area contributed by atoms with Gasteiger partial charge in [0.1, 0.15) is 0 Å². The number of guanidine groups is 1. The van der Waals surface area contributed by atoms with Crippen LogP contribution in [0.1, 0.15) is 30.3 Å². The van der Waals surface area contributed by atoms with E-state index in [0.29, 0.717) is 19.1 Å². The third-order valence-electron chi connectivity index (χ3n) is 3.92. The molecule has 25 heavy (non-hydrogen) atoms. The van der Waals surface area contributed by atoms with E-state index in [-0.39, 0.29) is 12.5 Å². The number of aliphatic imine (C=N–C) groups is 1. The molecule has 142 valence electrons. The van der Waals surface area contributed by atoms with Gasteiger partial charge in [0, 0.05) is 52.2 Å². The Hall–Kier alpha value is -2.09. The van der Waals surface area contributed by atoms with E-state index in [4.69, 9.17) is 4.74 Å². The molecule has 8 heteroatoms. The molecule has 8 nitrogen and oxygen atoms in total. The Balaban J connectivity index is 2.69. The second-order valence-electron chi connectivity index (χ2n) is 6.06. The summed E-state index contributed by atoms with van der Waals surface area (Å²) in [6, 6.07) is 0. The molecule has 2 N–H and O–H groups in total. The highest BCUT2D eigenvalue weighted by molar-refractivity contribution is 5.86. The molecule has 1 amide bonds. The maximum absolute atomic E-state index is 11.8. The molecule has 0 atom stereocenters. The SMILES string of the molecule is CCOCCCNC(=NCc1c(C)nn(C)c1C)NCC(=O)N(C)C. The van der Waals surface area contributed by atoms with Crippen LogP contribution in [0.4, 0.5) is 0 Å². The first-order valence-electron chi connectivity index (χ1n) is 8.66. The molecule has 1 rings (SSSR count). The van der Waals surface area contributed by atoms with Crippen LogP contribution in [0, 0.1) is 13.8 Å². The lowest BCUT2D eigenvalue weighted by Gasteiger charge is -2.15. The number of carbonyl (C=O) groups is 1. The van der Waals surface area contributed by atoms with Gasteiger partial charge >= 0.3 is 0 Å². The average molecular weight is 352 g/mol. The van der Waals surface area contributed by atoms with Crippen LogP contribution in [0.15, 0.2) is 4.99 Å². The van der Waals surface area contributed by atoms with Crippen molar-refractivity contribution in [3.05, 3.63) is 17.0 Å². The zero-order chi connectivity index (χ0) is 18.8. The van der Waals surface area contributed by atoms with Crippen LogP contribution in [-0.4, -0.2) is 66.9 Å². The maximum Gasteiger partial charge on any atom is 0.241 e. The highest BCUT2D eigenvalue weighted by atomic mass is 16.5. The molecule has 0 unspecified atom stereocenters. The van der Waals surface area contributed by atoms with Crippen LogP contribution < -0.4 is 10.6 Å². The number of aromatic nitrogens is 2. The summed E-state index contributed by atoms with van der Waals surface area (Å²) in [6.45, 7) is 8.86. The van der Waals surface area contributed by atoms with Gasteiger partial charge in [-0.05, 0) is 27.2 Å². The Morgan fingerprint density at radius 2 is 2.04 bits per heavy atom. The van der Waals surface area contributed by atoms with Crippen LogP contribution in [-0.2, 0) is 23.1 Å². The first kappa shape index (κ1) is 21.0. The molecular weight excluding hydrogens is 320 g/mol. The summed E-state index contributed by atoms with van der Waals surface area (Å²) < 4.78 is 7.20. The van der Waals surface area contributed by atoms with Gasteiger partial charge in [0.25, 0.3) is 0 Å². The Labute approximate surface area is 150 Å². The summed E-state index contributed by atoms with van der Waals surface area (Å²) in [6.07, 6.45) is 0.876. The summed E-state index contributed by atoms with van der Waals surface area (Å²) in [5.41, 5.74) is 3.18. The first-order chi connectivity index (χ1) is 11.9. The smallest absolute Gasteiger partial charge is 0.241 e. The number of hydrogen-bond acceptors (Lipinski definition) is 4. The molecule has 0 aliphatic heterocycles.